The van der Waals surface area contributed by atoms with Crippen molar-refractivity contribution in [1.29, 1.82) is 0 Å². The van der Waals surface area contributed by atoms with Crippen LogP contribution in [0.2, 0.25) is 5.02 Å². The number of benzene rings is 1. The molecule has 0 unspecified atom stereocenters. The van der Waals surface area contributed by atoms with Gasteiger partial charge in [0.05, 0.1) is 0 Å². The van der Waals surface area contributed by atoms with Crippen LogP contribution in [0, 0.1) is 0 Å². The summed E-state index contributed by atoms with van der Waals surface area (Å²) < 4.78 is 0. The summed E-state index contributed by atoms with van der Waals surface area (Å²) in [6.45, 7) is 1.28. The minimum Gasteiger partial charge on any atom is -0.480 e. The Kier molecular flexibility index (Phi) is 3.26. The molecular weight excluding hydrogens is 240 g/mol. The van der Waals surface area contributed by atoms with Gasteiger partial charge in [-0.3, -0.25) is 4.79 Å². The van der Waals surface area contributed by atoms with Gasteiger partial charge in [-0.15, -0.1) is 0 Å². The highest BCUT2D eigenvalue weighted by Crippen LogP contribution is 2.26. The number of carboxylic acid groups (broad SMARTS) is 1. The number of anilines is 1. The third-order valence-corrected chi connectivity index (χ3v) is 3.49. The molecule has 0 bridgehead atoms. The zero-order valence-electron chi connectivity index (χ0n) is 9.40. The topological polar surface area (TPSA) is 66.6 Å². The third kappa shape index (κ3) is 2.53. The van der Waals surface area contributed by atoms with Crippen molar-refractivity contribution in [2.24, 2.45) is 5.73 Å². The van der Waals surface area contributed by atoms with Gasteiger partial charge in [-0.1, -0.05) is 17.7 Å². The molecule has 1 aromatic carbocycles. The van der Waals surface area contributed by atoms with Gasteiger partial charge >= 0.3 is 5.97 Å². The van der Waals surface area contributed by atoms with Crippen LogP contribution in [-0.2, 0) is 4.79 Å². The Morgan fingerprint density at radius 3 is 2.59 bits per heavy atom. The maximum atomic E-state index is 11.0. The van der Waals surface area contributed by atoms with Gasteiger partial charge in [0.1, 0.15) is 5.54 Å². The third-order valence-electron chi connectivity index (χ3n) is 3.25. The van der Waals surface area contributed by atoms with Crippen LogP contribution in [0.15, 0.2) is 24.3 Å². The second-order valence-electron chi connectivity index (χ2n) is 4.43. The molecule has 3 N–H and O–H groups in total. The number of nitrogens with zero attached hydrogens (tertiary/aromatic N) is 1. The van der Waals surface area contributed by atoms with Crippen LogP contribution in [0.25, 0.3) is 0 Å². The molecule has 1 saturated heterocycles. The van der Waals surface area contributed by atoms with Crippen LogP contribution in [0.4, 0.5) is 5.69 Å². The fourth-order valence-corrected chi connectivity index (χ4v) is 2.24. The molecule has 0 spiro atoms. The number of aliphatic carboxylic acids is 1. The molecule has 5 heteroatoms. The first-order valence-corrected chi connectivity index (χ1v) is 5.92. The van der Waals surface area contributed by atoms with Crippen molar-refractivity contribution < 1.29 is 9.90 Å². The highest BCUT2D eigenvalue weighted by atomic mass is 35.5. The number of carbonyl (C=O) groups is 1. The smallest absolute Gasteiger partial charge is 0.323 e. The number of halogens is 1. The predicted octanol–water partition coefficient (Wildman–Crippen LogP) is 1.72. The average molecular weight is 255 g/mol. The Balaban J connectivity index is 2.07. The summed E-state index contributed by atoms with van der Waals surface area (Å²) in [5.41, 5.74) is 5.76. The lowest BCUT2D eigenvalue weighted by atomic mass is 9.88. The van der Waals surface area contributed by atoms with E-state index >= 15 is 0 Å². The average Bonchev–Trinajstić information content (AvgIpc) is 2.30. The van der Waals surface area contributed by atoms with Crippen LogP contribution >= 0.6 is 11.6 Å². The van der Waals surface area contributed by atoms with Gasteiger partial charge in [0.15, 0.2) is 0 Å². The molecule has 17 heavy (non-hydrogen) atoms. The molecule has 1 aliphatic rings. The van der Waals surface area contributed by atoms with Crippen molar-refractivity contribution in [3.05, 3.63) is 29.3 Å². The SMILES string of the molecule is NC1(C(=O)O)CCN(c2cccc(Cl)c2)CC1. The standard InChI is InChI=1S/C12H15ClN2O2/c13-9-2-1-3-10(8-9)15-6-4-12(14,5-7-15)11(16)17/h1-3,8H,4-7,14H2,(H,16,17). The first-order chi connectivity index (χ1) is 8.01. The van der Waals surface area contributed by atoms with E-state index in [0.29, 0.717) is 31.0 Å². The Morgan fingerprint density at radius 2 is 2.06 bits per heavy atom. The Hall–Kier alpha value is -1.26. The zero-order valence-corrected chi connectivity index (χ0v) is 10.2. The highest BCUT2D eigenvalue weighted by molar-refractivity contribution is 6.30. The van der Waals surface area contributed by atoms with Crippen LogP contribution in [0.5, 0.6) is 0 Å². The van der Waals surface area contributed by atoms with Crippen molar-refractivity contribution in [3.63, 3.8) is 0 Å². The van der Waals surface area contributed by atoms with Crippen molar-refractivity contribution in [2.45, 2.75) is 18.4 Å². The van der Waals surface area contributed by atoms with E-state index in [1.54, 1.807) is 0 Å². The minimum absolute atomic E-state index is 0.453. The summed E-state index contributed by atoms with van der Waals surface area (Å²) in [4.78, 5) is 13.1. The van der Waals surface area contributed by atoms with Gasteiger partial charge in [0.2, 0.25) is 0 Å². The number of nitrogens with two attached hydrogens (primary N) is 1. The van der Waals surface area contributed by atoms with E-state index in [1.165, 1.54) is 0 Å². The second kappa shape index (κ2) is 4.55. The van der Waals surface area contributed by atoms with Gasteiger partial charge in [-0.2, -0.15) is 0 Å². The van der Waals surface area contributed by atoms with Crippen molar-refractivity contribution in [2.75, 3.05) is 18.0 Å². The number of hydrogen-bond acceptors (Lipinski definition) is 3. The lowest BCUT2D eigenvalue weighted by Crippen LogP contribution is -2.55. The molecule has 1 heterocycles. The molecule has 1 aromatic rings. The van der Waals surface area contributed by atoms with Gasteiger partial charge in [0, 0.05) is 23.8 Å². The molecule has 0 atom stereocenters. The minimum atomic E-state index is -1.07. The Morgan fingerprint density at radius 1 is 1.41 bits per heavy atom. The van der Waals surface area contributed by atoms with Crippen LogP contribution in [-0.4, -0.2) is 29.7 Å². The quantitative estimate of drug-likeness (QED) is 0.843. The molecule has 92 valence electrons. The first-order valence-electron chi connectivity index (χ1n) is 5.54. The van der Waals surface area contributed by atoms with E-state index in [0.717, 1.165) is 5.69 Å². The summed E-state index contributed by atoms with van der Waals surface area (Å²) in [6, 6.07) is 7.56. The van der Waals surface area contributed by atoms with Gasteiger partial charge < -0.3 is 15.7 Å². The van der Waals surface area contributed by atoms with Crippen molar-refractivity contribution in [1.82, 2.24) is 0 Å². The predicted molar refractivity (Wildman–Crippen MR) is 67.5 cm³/mol. The lowest BCUT2D eigenvalue weighted by Gasteiger charge is -2.37. The molecule has 0 aromatic heterocycles. The maximum absolute atomic E-state index is 11.0. The highest BCUT2D eigenvalue weighted by Gasteiger charge is 2.37. The van der Waals surface area contributed by atoms with Crippen molar-refractivity contribution >= 4 is 23.3 Å². The summed E-state index contributed by atoms with van der Waals surface area (Å²) in [5, 5.41) is 9.72. The summed E-state index contributed by atoms with van der Waals surface area (Å²) in [7, 11) is 0. The van der Waals surface area contributed by atoms with E-state index in [4.69, 9.17) is 22.4 Å². The normalized spacial score (nSPS) is 19.1. The first kappa shape index (κ1) is 12.2. The van der Waals surface area contributed by atoms with Crippen molar-refractivity contribution in [3.8, 4) is 0 Å². The number of piperidine rings is 1. The van der Waals surface area contributed by atoms with Crippen LogP contribution in [0.3, 0.4) is 0 Å². The van der Waals surface area contributed by atoms with Gasteiger partial charge in [-0.05, 0) is 31.0 Å². The molecule has 4 nitrogen and oxygen atoms in total. The number of rotatable bonds is 2. The molecule has 0 aliphatic carbocycles. The van der Waals surface area contributed by atoms with E-state index in [-0.39, 0.29) is 0 Å². The monoisotopic (exact) mass is 254 g/mol. The maximum Gasteiger partial charge on any atom is 0.323 e. The zero-order chi connectivity index (χ0) is 12.5. The fourth-order valence-electron chi connectivity index (χ4n) is 2.05. The number of carboxylic acids is 1. The van der Waals surface area contributed by atoms with Gasteiger partial charge in [0.25, 0.3) is 0 Å². The molecule has 0 amide bonds. The molecule has 1 aliphatic heterocycles. The van der Waals surface area contributed by atoms with E-state index in [9.17, 15) is 4.79 Å². The van der Waals surface area contributed by atoms with E-state index < -0.39 is 11.5 Å². The molecule has 0 radical (unpaired) electrons. The lowest BCUT2D eigenvalue weighted by molar-refractivity contribution is -0.144. The molecule has 2 rings (SSSR count). The van der Waals surface area contributed by atoms with Crippen LogP contribution in [0.1, 0.15) is 12.8 Å². The molecular formula is C12H15ClN2O2. The second-order valence-corrected chi connectivity index (χ2v) is 4.86. The van der Waals surface area contributed by atoms with Crippen LogP contribution < -0.4 is 10.6 Å². The number of hydrogen-bond donors (Lipinski definition) is 2. The van der Waals surface area contributed by atoms with E-state index in [2.05, 4.69) is 4.90 Å². The molecule has 0 saturated carbocycles. The summed E-state index contributed by atoms with van der Waals surface area (Å²) in [6.07, 6.45) is 0.906. The Labute approximate surface area is 105 Å². The fraction of sp³-hybridized carbons (Fsp3) is 0.417. The molecule has 1 fully saturated rings. The summed E-state index contributed by atoms with van der Waals surface area (Å²) >= 11 is 5.93. The Bertz CT molecular complexity index is 428. The van der Waals surface area contributed by atoms with Gasteiger partial charge in [-0.25, -0.2) is 0 Å². The van der Waals surface area contributed by atoms with E-state index in [1.807, 2.05) is 24.3 Å². The largest absolute Gasteiger partial charge is 0.480 e. The summed E-state index contributed by atoms with van der Waals surface area (Å²) in [5.74, 6) is -0.914.